The van der Waals surface area contributed by atoms with E-state index in [1.54, 1.807) is 0 Å². The number of aliphatic carboxylic acids is 1. The summed E-state index contributed by atoms with van der Waals surface area (Å²) in [6, 6.07) is 11.1. The monoisotopic (exact) mass is 414 g/mol. The Morgan fingerprint density at radius 1 is 1.24 bits per heavy atom. The van der Waals surface area contributed by atoms with Gasteiger partial charge in [-0.25, -0.2) is 4.79 Å². The number of carboxylic acid groups (broad SMARTS) is 1. The first-order chi connectivity index (χ1) is 13.6. The highest BCUT2D eigenvalue weighted by atomic mass is 19.4. The van der Waals surface area contributed by atoms with E-state index in [4.69, 9.17) is 9.90 Å². The first-order valence-electron chi connectivity index (χ1n) is 9.96. The van der Waals surface area contributed by atoms with Gasteiger partial charge in [-0.15, -0.1) is 0 Å². The Kier molecular flexibility index (Phi) is 7.68. The van der Waals surface area contributed by atoms with Gasteiger partial charge < -0.3 is 14.9 Å². The fourth-order valence-corrected chi connectivity index (χ4v) is 3.91. The highest BCUT2D eigenvalue weighted by Gasteiger charge is 2.54. The average molecular weight is 414 g/mol. The quantitative estimate of drug-likeness (QED) is 0.748. The van der Waals surface area contributed by atoms with Gasteiger partial charge in [0.05, 0.1) is 5.41 Å². The first-order valence-corrected chi connectivity index (χ1v) is 9.96. The van der Waals surface area contributed by atoms with E-state index < -0.39 is 12.1 Å². The van der Waals surface area contributed by atoms with E-state index in [-0.39, 0.29) is 5.41 Å². The molecular weight excluding hydrogens is 385 g/mol. The number of carbonyl (C=O) groups excluding carboxylic acids is 1. The van der Waals surface area contributed by atoms with Crippen LogP contribution in [0.2, 0.25) is 0 Å². The van der Waals surface area contributed by atoms with Crippen molar-refractivity contribution in [2.45, 2.75) is 51.7 Å². The minimum atomic E-state index is -5.08. The largest absolute Gasteiger partial charge is 0.490 e. The van der Waals surface area contributed by atoms with Crippen molar-refractivity contribution in [3.8, 4) is 0 Å². The van der Waals surface area contributed by atoms with Crippen molar-refractivity contribution in [2.24, 2.45) is 5.41 Å². The predicted molar refractivity (Wildman–Crippen MR) is 103 cm³/mol. The molecule has 0 bridgehead atoms. The smallest absolute Gasteiger partial charge is 0.475 e. The Balaban J connectivity index is 0.000000370. The molecule has 2 fully saturated rings. The van der Waals surface area contributed by atoms with Gasteiger partial charge in [-0.2, -0.15) is 13.2 Å². The number of amides is 1. The van der Waals surface area contributed by atoms with E-state index >= 15 is 0 Å². The van der Waals surface area contributed by atoms with Gasteiger partial charge in [0.2, 0.25) is 5.91 Å². The molecular formula is C21H29F3N2O3. The zero-order chi connectivity index (χ0) is 21.7. The van der Waals surface area contributed by atoms with Gasteiger partial charge in [0.15, 0.2) is 0 Å². The minimum absolute atomic E-state index is 0.0572. The van der Waals surface area contributed by atoms with E-state index in [1.807, 2.05) is 0 Å². The van der Waals surface area contributed by atoms with Gasteiger partial charge in [-0.05, 0) is 44.7 Å². The van der Waals surface area contributed by atoms with Crippen molar-refractivity contribution in [1.29, 1.82) is 0 Å². The summed E-state index contributed by atoms with van der Waals surface area (Å²) >= 11 is 0. The summed E-state index contributed by atoms with van der Waals surface area (Å²) in [5, 5.41) is 7.12. The van der Waals surface area contributed by atoms with Crippen LogP contribution >= 0.6 is 0 Å². The lowest BCUT2D eigenvalue weighted by Crippen LogP contribution is -2.68. The molecule has 1 amide bonds. The molecule has 2 atom stereocenters. The molecule has 2 unspecified atom stereocenters. The summed E-state index contributed by atoms with van der Waals surface area (Å²) in [5.41, 5.74) is 1.33. The van der Waals surface area contributed by atoms with Gasteiger partial charge >= 0.3 is 12.1 Å². The molecule has 2 aliphatic rings. The first kappa shape index (κ1) is 23.2. The second kappa shape index (κ2) is 9.61. The number of β-lactam (4-membered cyclic amide) rings is 1. The summed E-state index contributed by atoms with van der Waals surface area (Å²) < 4.78 is 31.7. The van der Waals surface area contributed by atoms with Crippen LogP contribution in [0.3, 0.4) is 0 Å². The zero-order valence-electron chi connectivity index (χ0n) is 16.9. The Labute approximate surface area is 169 Å². The van der Waals surface area contributed by atoms with Crippen LogP contribution in [0.4, 0.5) is 13.2 Å². The van der Waals surface area contributed by atoms with Crippen molar-refractivity contribution in [3.05, 3.63) is 35.9 Å². The summed E-state index contributed by atoms with van der Waals surface area (Å²) in [7, 11) is 0. The van der Waals surface area contributed by atoms with Crippen LogP contribution in [0, 0.1) is 5.41 Å². The molecule has 0 aliphatic carbocycles. The number of benzene rings is 1. The molecule has 5 nitrogen and oxygen atoms in total. The molecule has 0 radical (unpaired) electrons. The maximum absolute atomic E-state index is 12.7. The SMILES string of the molecule is CCC(C)N1CC2(CCCN(CCc3ccccc3)C2)C1=O.O=C(O)C(F)(F)F. The van der Waals surface area contributed by atoms with Gasteiger partial charge in [0.25, 0.3) is 0 Å². The standard InChI is InChI=1S/C19H28N2O.C2HF3O2/c1-3-16(2)21-15-19(18(21)22)11-7-12-20(14-19)13-10-17-8-5-4-6-9-17;3-2(4,5)1(6)7/h4-6,8-9,16H,3,7,10-15H2,1-2H3;(H,6,7). The molecule has 29 heavy (non-hydrogen) atoms. The Morgan fingerprint density at radius 2 is 1.86 bits per heavy atom. The van der Waals surface area contributed by atoms with E-state index in [0.717, 1.165) is 51.9 Å². The Bertz CT molecular complexity index is 696. The van der Waals surface area contributed by atoms with Crippen LogP contribution in [0.15, 0.2) is 30.3 Å². The minimum Gasteiger partial charge on any atom is -0.475 e. The second-order valence-electron chi connectivity index (χ2n) is 7.89. The van der Waals surface area contributed by atoms with Crippen molar-refractivity contribution < 1.29 is 27.9 Å². The fourth-order valence-electron chi connectivity index (χ4n) is 3.91. The van der Waals surface area contributed by atoms with E-state index in [2.05, 4.69) is 54.0 Å². The predicted octanol–water partition coefficient (Wildman–Crippen LogP) is 3.59. The summed E-state index contributed by atoms with van der Waals surface area (Å²) in [4.78, 5) is 26.1. The zero-order valence-corrected chi connectivity index (χ0v) is 16.9. The van der Waals surface area contributed by atoms with Crippen LogP contribution < -0.4 is 0 Å². The highest BCUT2D eigenvalue weighted by Crippen LogP contribution is 2.41. The van der Waals surface area contributed by atoms with Crippen LogP contribution in [0.25, 0.3) is 0 Å². The van der Waals surface area contributed by atoms with E-state index in [1.165, 1.54) is 5.56 Å². The number of hydrogen-bond acceptors (Lipinski definition) is 3. The van der Waals surface area contributed by atoms with Crippen LogP contribution in [0.5, 0.6) is 0 Å². The molecule has 162 valence electrons. The molecule has 2 heterocycles. The summed E-state index contributed by atoms with van der Waals surface area (Å²) in [6.45, 7) is 8.48. The lowest BCUT2D eigenvalue weighted by atomic mass is 9.71. The maximum Gasteiger partial charge on any atom is 0.490 e. The second-order valence-corrected chi connectivity index (χ2v) is 7.89. The molecule has 3 rings (SSSR count). The Hall–Kier alpha value is -2.09. The number of alkyl halides is 3. The highest BCUT2D eigenvalue weighted by molar-refractivity contribution is 5.89. The van der Waals surface area contributed by atoms with Crippen molar-refractivity contribution in [2.75, 3.05) is 26.2 Å². The Morgan fingerprint density at radius 3 is 2.38 bits per heavy atom. The lowest BCUT2D eigenvalue weighted by molar-refractivity contribution is -0.192. The molecule has 1 spiro atoms. The number of carboxylic acids is 1. The normalized spacial score (nSPS) is 23.2. The average Bonchev–Trinajstić information content (AvgIpc) is 2.70. The van der Waals surface area contributed by atoms with Gasteiger partial charge in [0.1, 0.15) is 0 Å². The third kappa shape index (κ3) is 5.95. The lowest BCUT2D eigenvalue weighted by Gasteiger charge is -2.55. The maximum atomic E-state index is 12.7. The number of carbonyl (C=O) groups is 2. The molecule has 2 aliphatic heterocycles. The summed E-state index contributed by atoms with van der Waals surface area (Å²) in [6.07, 6.45) is -0.699. The van der Waals surface area contributed by atoms with Crippen molar-refractivity contribution >= 4 is 11.9 Å². The van der Waals surface area contributed by atoms with E-state index in [0.29, 0.717) is 11.9 Å². The number of likely N-dealkylation sites (tertiary alicyclic amines) is 2. The molecule has 2 saturated heterocycles. The molecule has 8 heteroatoms. The van der Waals surface area contributed by atoms with Crippen LogP contribution in [0.1, 0.15) is 38.7 Å². The van der Waals surface area contributed by atoms with Gasteiger partial charge in [0, 0.05) is 25.7 Å². The molecule has 0 saturated carbocycles. The third-order valence-electron chi connectivity index (χ3n) is 5.77. The molecule has 0 aromatic heterocycles. The molecule has 1 aromatic carbocycles. The van der Waals surface area contributed by atoms with Gasteiger partial charge in [-0.1, -0.05) is 37.3 Å². The summed E-state index contributed by atoms with van der Waals surface area (Å²) in [5.74, 6) is -2.35. The van der Waals surface area contributed by atoms with E-state index in [9.17, 15) is 18.0 Å². The van der Waals surface area contributed by atoms with Crippen LogP contribution in [-0.4, -0.2) is 65.2 Å². The number of piperidine rings is 1. The molecule has 1 N–H and O–H groups in total. The number of nitrogens with zero attached hydrogens (tertiary/aromatic N) is 2. The number of rotatable bonds is 5. The third-order valence-corrected chi connectivity index (χ3v) is 5.77. The number of hydrogen-bond donors (Lipinski definition) is 1. The fraction of sp³-hybridized carbons (Fsp3) is 0.619. The van der Waals surface area contributed by atoms with Gasteiger partial charge in [-0.3, -0.25) is 4.79 Å². The molecule has 1 aromatic rings. The topological polar surface area (TPSA) is 60.9 Å². The van der Waals surface area contributed by atoms with Crippen molar-refractivity contribution in [3.63, 3.8) is 0 Å². The van der Waals surface area contributed by atoms with Crippen molar-refractivity contribution in [1.82, 2.24) is 9.80 Å². The van der Waals surface area contributed by atoms with Crippen LogP contribution in [-0.2, 0) is 16.0 Å². The number of halogens is 3.